The molecule has 1 aromatic heterocycles. The molecule has 1 fully saturated rings. The number of carbonyl (C=O) groups is 2. The van der Waals surface area contributed by atoms with E-state index in [2.05, 4.69) is 31.5 Å². The quantitative estimate of drug-likeness (QED) is 0.749. The fraction of sp³-hybridized carbons (Fsp3) is 0.533. The summed E-state index contributed by atoms with van der Waals surface area (Å²) in [5, 5.41) is 5.96. The number of rotatable bonds is 6. The van der Waals surface area contributed by atoms with Crippen LogP contribution in [0.3, 0.4) is 0 Å². The van der Waals surface area contributed by atoms with Crippen LogP contribution in [0, 0.1) is 0 Å². The van der Waals surface area contributed by atoms with Gasteiger partial charge >= 0.3 is 0 Å². The second-order valence-electron chi connectivity index (χ2n) is 5.53. The molecule has 0 bridgehead atoms. The summed E-state index contributed by atoms with van der Waals surface area (Å²) in [6, 6.07) is 3.55. The fourth-order valence-corrected chi connectivity index (χ4v) is 2.55. The third kappa shape index (κ3) is 6.25. The van der Waals surface area contributed by atoms with Crippen molar-refractivity contribution in [3.05, 3.63) is 22.8 Å². The summed E-state index contributed by atoms with van der Waals surface area (Å²) < 4.78 is 0.860. The zero-order valence-corrected chi connectivity index (χ0v) is 14.8. The maximum absolute atomic E-state index is 12.1. The predicted octanol–water partition coefficient (Wildman–Crippen LogP) is 0.536. The molecule has 2 N–H and O–H groups in total. The van der Waals surface area contributed by atoms with Crippen LogP contribution in [0.1, 0.15) is 6.42 Å². The van der Waals surface area contributed by atoms with Crippen molar-refractivity contribution >= 4 is 33.6 Å². The molecule has 8 heteroatoms. The average Bonchev–Trinajstić information content (AvgIpc) is 2.55. The molecule has 0 aliphatic carbocycles. The van der Waals surface area contributed by atoms with Gasteiger partial charge in [0.25, 0.3) is 0 Å². The van der Waals surface area contributed by atoms with E-state index in [1.165, 1.54) is 0 Å². The smallest absolute Gasteiger partial charge is 0.239 e. The zero-order valence-electron chi connectivity index (χ0n) is 13.2. The van der Waals surface area contributed by atoms with Crippen LogP contribution in [-0.2, 0) is 9.59 Å². The van der Waals surface area contributed by atoms with Crippen molar-refractivity contribution in [2.45, 2.75) is 6.42 Å². The van der Waals surface area contributed by atoms with E-state index in [-0.39, 0.29) is 18.4 Å². The predicted molar refractivity (Wildman–Crippen MR) is 92.1 cm³/mol. The lowest BCUT2D eigenvalue weighted by Crippen LogP contribution is -2.47. The minimum Gasteiger partial charge on any atom is -0.340 e. The number of halogens is 1. The Morgan fingerprint density at radius 2 is 2.13 bits per heavy atom. The SMILES string of the molecule is CN(CCC(=O)N1CCNCC1)CC(=O)Nc1ccc(Br)cn1. The monoisotopic (exact) mass is 383 g/mol. The largest absolute Gasteiger partial charge is 0.340 e. The molecule has 2 heterocycles. The highest BCUT2D eigenvalue weighted by atomic mass is 79.9. The van der Waals surface area contributed by atoms with Gasteiger partial charge in [0.1, 0.15) is 5.82 Å². The van der Waals surface area contributed by atoms with E-state index in [1.54, 1.807) is 12.3 Å². The van der Waals surface area contributed by atoms with E-state index in [9.17, 15) is 9.59 Å². The molecule has 1 aliphatic rings. The van der Waals surface area contributed by atoms with Gasteiger partial charge < -0.3 is 15.5 Å². The minimum absolute atomic E-state index is 0.142. The van der Waals surface area contributed by atoms with E-state index >= 15 is 0 Å². The Balaban J connectivity index is 1.69. The summed E-state index contributed by atoms with van der Waals surface area (Å²) in [6.45, 7) is 4.02. The lowest BCUT2D eigenvalue weighted by Gasteiger charge is -2.28. The summed E-state index contributed by atoms with van der Waals surface area (Å²) in [5.74, 6) is 0.522. The van der Waals surface area contributed by atoms with E-state index in [1.807, 2.05) is 22.9 Å². The second kappa shape index (κ2) is 8.95. The summed E-state index contributed by atoms with van der Waals surface area (Å²) in [7, 11) is 1.83. The van der Waals surface area contributed by atoms with Crippen LogP contribution < -0.4 is 10.6 Å². The first kappa shape index (κ1) is 17.8. The van der Waals surface area contributed by atoms with Gasteiger partial charge in [-0.2, -0.15) is 0 Å². The Hall–Kier alpha value is -1.51. The third-order valence-corrected chi connectivity index (χ3v) is 4.05. The first-order chi connectivity index (χ1) is 11.0. The minimum atomic E-state index is -0.142. The standard InChI is InChI=1S/C15H22BrN5O2/c1-20(7-4-15(23)21-8-5-17-6-9-21)11-14(22)19-13-3-2-12(16)10-18-13/h2-3,10,17H,4-9,11H2,1H3,(H,18,19,22). The van der Waals surface area contributed by atoms with Crippen LogP contribution in [0.25, 0.3) is 0 Å². The molecule has 0 aromatic carbocycles. The molecule has 0 atom stereocenters. The van der Waals surface area contributed by atoms with Crippen LogP contribution in [-0.4, -0.2) is 72.9 Å². The Bertz CT molecular complexity index is 531. The number of anilines is 1. The maximum Gasteiger partial charge on any atom is 0.239 e. The van der Waals surface area contributed by atoms with E-state index in [4.69, 9.17) is 0 Å². The maximum atomic E-state index is 12.1. The highest BCUT2D eigenvalue weighted by Gasteiger charge is 2.17. The highest BCUT2D eigenvalue weighted by Crippen LogP contribution is 2.10. The first-order valence-electron chi connectivity index (χ1n) is 7.63. The number of amides is 2. The lowest BCUT2D eigenvalue weighted by atomic mass is 10.3. The number of carbonyl (C=O) groups excluding carboxylic acids is 2. The summed E-state index contributed by atoms with van der Waals surface area (Å²) >= 11 is 3.30. The Morgan fingerprint density at radius 1 is 1.39 bits per heavy atom. The number of nitrogens with zero attached hydrogens (tertiary/aromatic N) is 3. The van der Waals surface area contributed by atoms with E-state index < -0.39 is 0 Å². The lowest BCUT2D eigenvalue weighted by molar-refractivity contribution is -0.132. The van der Waals surface area contributed by atoms with Gasteiger partial charge in [0, 0.05) is 49.8 Å². The molecule has 2 rings (SSSR count). The second-order valence-corrected chi connectivity index (χ2v) is 6.44. The number of likely N-dealkylation sites (N-methyl/N-ethyl adjacent to an activating group) is 1. The molecule has 126 valence electrons. The Morgan fingerprint density at radius 3 is 2.78 bits per heavy atom. The van der Waals surface area contributed by atoms with Crippen LogP contribution in [0.5, 0.6) is 0 Å². The van der Waals surface area contributed by atoms with Gasteiger partial charge in [-0.1, -0.05) is 0 Å². The highest BCUT2D eigenvalue weighted by molar-refractivity contribution is 9.10. The van der Waals surface area contributed by atoms with Crippen molar-refractivity contribution in [1.29, 1.82) is 0 Å². The molecule has 1 aliphatic heterocycles. The molecule has 0 unspecified atom stereocenters. The van der Waals surface area contributed by atoms with E-state index in [0.717, 1.165) is 30.7 Å². The average molecular weight is 384 g/mol. The summed E-state index contributed by atoms with van der Waals surface area (Å²) in [5.41, 5.74) is 0. The molecule has 1 aromatic rings. The zero-order chi connectivity index (χ0) is 16.7. The normalized spacial score (nSPS) is 14.8. The summed E-state index contributed by atoms with van der Waals surface area (Å²) in [4.78, 5) is 31.8. The third-order valence-electron chi connectivity index (χ3n) is 3.59. The molecule has 0 saturated carbocycles. The molecule has 0 radical (unpaired) electrons. The number of hydrogen-bond acceptors (Lipinski definition) is 5. The summed E-state index contributed by atoms with van der Waals surface area (Å²) in [6.07, 6.45) is 2.06. The number of pyridine rings is 1. The molecular formula is C15H22BrN5O2. The molecule has 1 saturated heterocycles. The number of aromatic nitrogens is 1. The van der Waals surface area contributed by atoms with Crippen molar-refractivity contribution in [3.63, 3.8) is 0 Å². The van der Waals surface area contributed by atoms with Crippen molar-refractivity contribution < 1.29 is 9.59 Å². The van der Waals surface area contributed by atoms with Gasteiger partial charge in [0.2, 0.25) is 11.8 Å². The first-order valence-corrected chi connectivity index (χ1v) is 8.42. The Labute approximate surface area is 144 Å². The van der Waals surface area contributed by atoms with Crippen molar-refractivity contribution in [3.8, 4) is 0 Å². The van der Waals surface area contributed by atoms with Gasteiger partial charge in [-0.25, -0.2) is 4.98 Å². The number of hydrogen-bond donors (Lipinski definition) is 2. The van der Waals surface area contributed by atoms with E-state index in [0.29, 0.717) is 18.8 Å². The molecule has 0 spiro atoms. The van der Waals surface area contributed by atoms with Crippen LogP contribution in [0.2, 0.25) is 0 Å². The van der Waals surface area contributed by atoms with Crippen LogP contribution in [0.4, 0.5) is 5.82 Å². The fourth-order valence-electron chi connectivity index (χ4n) is 2.32. The van der Waals surface area contributed by atoms with Crippen molar-refractivity contribution in [2.24, 2.45) is 0 Å². The number of nitrogens with one attached hydrogen (secondary N) is 2. The van der Waals surface area contributed by atoms with Gasteiger partial charge in [0.15, 0.2) is 0 Å². The molecule has 23 heavy (non-hydrogen) atoms. The van der Waals surface area contributed by atoms with Crippen LogP contribution in [0.15, 0.2) is 22.8 Å². The molecule has 7 nitrogen and oxygen atoms in total. The topological polar surface area (TPSA) is 77.6 Å². The van der Waals surface area contributed by atoms with Gasteiger partial charge in [-0.3, -0.25) is 14.5 Å². The van der Waals surface area contributed by atoms with Crippen LogP contribution >= 0.6 is 15.9 Å². The van der Waals surface area contributed by atoms with Gasteiger partial charge in [-0.05, 0) is 35.1 Å². The molecule has 2 amide bonds. The molecular weight excluding hydrogens is 362 g/mol. The van der Waals surface area contributed by atoms with Crippen molar-refractivity contribution in [2.75, 3.05) is 51.6 Å². The van der Waals surface area contributed by atoms with Gasteiger partial charge in [0.05, 0.1) is 6.54 Å². The van der Waals surface area contributed by atoms with Crippen molar-refractivity contribution in [1.82, 2.24) is 20.1 Å². The van der Waals surface area contributed by atoms with Gasteiger partial charge in [-0.15, -0.1) is 0 Å². The number of piperazine rings is 1. The Kier molecular flexibility index (Phi) is 6.94.